The molecule has 152 valence electrons. The van der Waals surface area contributed by atoms with Gasteiger partial charge in [0, 0.05) is 32.7 Å². The molecule has 2 aromatic rings. The molecule has 1 fully saturated rings. The number of hydrogen-bond acceptors (Lipinski definition) is 4. The molecule has 0 bridgehead atoms. The van der Waals surface area contributed by atoms with Crippen molar-refractivity contribution in [2.75, 3.05) is 39.3 Å². The Kier molecular flexibility index (Phi) is 6.64. The molecule has 2 aromatic carbocycles. The van der Waals surface area contributed by atoms with Crippen LogP contribution in [0.2, 0.25) is 0 Å². The lowest BCUT2D eigenvalue weighted by molar-refractivity contribution is 0.174. The van der Waals surface area contributed by atoms with Crippen molar-refractivity contribution in [3.8, 4) is 5.75 Å². The fourth-order valence-corrected chi connectivity index (χ4v) is 4.69. The number of aryl methyl sites for hydroxylation is 1. The molecule has 0 saturated carbocycles. The van der Waals surface area contributed by atoms with Gasteiger partial charge in [0.1, 0.15) is 22.3 Å². The van der Waals surface area contributed by atoms with Gasteiger partial charge in [0.2, 0.25) is 10.0 Å². The summed E-state index contributed by atoms with van der Waals surface area (Å²) < 4.78 is 59.3. The molecular formula is C20H24F2N2O3S. The summed E-state index contributed by atoms with van der Waals surface area (Å²) in [6, 6.07) is 10.3. The van der Waals surface area contributed by atoms with Crippen LogP contribution in [0.4, 0.5) is 8.78 Å². The molecule has 5 nitrogen and oxygen atoms in total. The molecule has 1 aliphatic heterocycles. The standard InChI is InChI=1S/C20H24F2N2O3S/c1-16-4-2-5-18(14-16)27-13-3-8-23-9-11-24(12-10-23)28(25,26)20-15-17(21)6-7-19(20)22/h2,4-7,14-15H,3,8-13H2,1H3. The van der Waals surface area contributed by atoms with Crippen molar-refractivity contribution in [2.24, 2.45) is 0 Å². The van der Waals surface area contributed by atoms with Gasteiger partial charge in [-0.2, -0.15) is 4.31 Å². The van der Waals surface area contributed by atoms with E-state index in [-0.39, 0.29) is 13.1 Å². The van der Waals surface area contributed by atoms with E-state index in [9.17, 15) is 17.2 Å². The van der Waals surface area contributed by atoms with Crippen LogP contribution in [0.25, 0.3) is 0 Å². The maximum Gasteiger partial charge on any atom is 0.246 e. The van der Waals surface area contributed by atoms with Gasteiger partial charge in [-0.05, 0) is 49.2 Å². The van der Waals surface area contributed by atoms with Gasteiger partial charge in [0.25, 0.3) is 0 Å². The van der Waals surface area contributed by atoms with Crippen molar-refractivity contribution in [1.82, 2.24) is 9.21 Å². The molecule has 0 radical (unpaired) electrons. The van der Waals surface area contributed by atoms with Crippen LogP contribution < -0.4 is 4.74 Å². The number of sulfonamides is 1. The van der Waals surface area contributed by atoms with E-state index in [1.165, 1.54) is 4.31 Å². The lowest BCUT2D eigenvalue weighted by Crippen LogP contribution is -2.49. The fraction of sp³-hybridized carbons (Fsp3) is 0.400. The average Bonchev–Trinajstić information content (AvgIpc) is 2.67. The molecule has 8 heteroatoms. The highest BCUT2D eigenvalue weighted by Crippen LogP contribution is 2.21. The lowest BCUT2D eigenvalue weighted by atomic mass is 10.2. The number of benzene rings is 2. The third kappa shape index (κ3) is 5.06. The van der Waals surface area contributed by atoms with Crippen molar-refractivity contribution in [1.29, 1.82) is 0 Å². The van der Waals surface area contributed by atoms with E-state index in [1.807, 2.05) is 31.2 Å². The van der Waals surface area contributed by atoms with Gasteiger partial charge in [-0.15, -0.1) is 0 Å². The van der Waals surface area contributed by atoms with Gasteiger partial charge in [0.15, 0.2) is 0 Å². The fourth-order valence-electron chi connectivity index (χ4n) is 3.19. The van der Waals surface area contributed by atoms with Crippen LogP contribution in [0.3, 0.4) is 0 Å². The minimum atomic E-state index is -4.04. The Balaban J connectivity index is 1.47. The van der Waals surface area contributed by atoms with Crippen molar-refractivity contribution < 1.29 is 21.9 Å². The largest absolute Gasteiger partial charge is 0.494 e. The highest BCUT2D eigenvalue weighted by molar-refractivity contribution is 7.89. The highest BCUT2D eigenvalue weighted by atomic mass is 32.2. The predicted octanol–water partition coefficient (Wildman–Crippen LogP) is 3.05. The molecule has 3 rings (SSSR count). The van der Waals surface area contributed by atoms with Crippen LogP contribution in [0, 0.1) is 18.6 Å². The lowest BCUT2D eigenvalue weighted by Gasteiger charge is -2.34. The number of ether oxygens (including phenoxy) is 1. The molecular weight excluding hydrogens is 386 g/mol. The molecule has 0 aromatic heterocycles. The summed E-state index contributed by atoms with van der Waals surface area (Å²) in [6.45, 7) is 4.95. The van der Waals surface area contributed by atoms with Gasteiger partial charge < -0.3 is 9.64 Å². The van der Waals surface area contributed by atoms with E-state index < -0.39 is 26.6 Å². The van der Waals surface area contributed by atoms with Crippen LogP contribution in [0.5, 0.6) is 5.75 Å². The van der Waals surface area contributed by atoms with Crippen molar-refractivity contribution >= 4 is 10.0 Å². The van der Waals surface area contributed by atoms with Crippen molar-refractivity contribution in [2.45, 2.75) is 18.2 Å². The number of piperazine rings is 1. The van der Waals surface area contributed by atoms with Crippen LogP contribution >= 0.6 is 0 Å². The minimum Gasteiger partial charge on any atom is -0.494 e. The van der Waals surface area contributed by atoms with Crippen LogP contribution in [-0.4, -0.2) is 57.0 Å². The maximum absolute atomic E-state index is 13.9. The first-order valence-electron chi connectivity index (χ1n) is 9.23. The Hall–Kier alpha value is -2.03. The molecule has 1 saturated heterocycles. The zero-order valence-electron chi connectivity index (χ0n) is 15.8. The summed E-state index contributed by atoms with van der Waals surface area (Å²) in [5.74, 6) is -0.864. The van der Waals surface area contributed by atoms with Crippen LogP contribution in [0.1, 0.15) is 12.0 Å². The second-order valence-corrected chi connectivity index (χ2v) is 8.75. The van der Waals surface area contributed by atoms with E-state index in [0.29, 0.717) is 19.7 Å². The van der Waals surface area contributed by atoms with Crippen molar-refractivity contribution in [3.05, 3.63) is 59.7 Å². The van der Waals surface area contributed by atoms with E-state index in [0.717, 1.165) is 42.5 Å². The summed E-state index contributed by atoms with van der Waals surface area (Å²) in [7, 11) is -4.04. The third-order valence-electron chi connectivity index (χ3n) is 4.72. The van der Waals surface area contributed by atoms with Gasteiger partial charge in [-0.25, -0.2) is 17.2 Å². The normalized spacial score (nSPS) is 16.2. The number of halogens is 2. The Bertz CT molecular complexity index is 913. The predicted molar refractivity (Wildman–Crippen MR) is 103 cm³/mol. The van der Waals surface area contributed by atoms with E-state index in [1.54, 1.807) is 0 Å². The SMILES string of the molecule is Cc1cccc(OCCCN2CCN(S(=O)(=O)c3cc(F)ccc3F)CC2)c1. The van der Waals surface area contributed by atoms with Crippen LogP contribution in [0.15, 0.2) is 47.4 Å². The zero-order valence-corrected chi connectivity index (χ0v) is 16.6. The Morgan fingerprint density at radius 1 is 1.04 bits per heavy atom. The maximum atomic E-state index is 13.9. The quantitative estimate of drug-likeness (QED) is 0.659. The topological polar surface area (TPSA) is 49.9 Å². The molecule has 1 aliphatic rings. The zero-order chi connectivity index (χ0) is 20.1. The highest BCUT2D eigenvalue weighted by Gasteiger charge is 2.30. The van der Waals surface area contributed by atoms with E-state index >= 15 is 0 Å². The van der Waals surface area contributed by atoms with E-state index in [4.69, 9.17) is 4.74 Å². The molecule has 0 atom stereocenters. The third-order valence-corrected chi connectivity index (χ3v) is 6.63. The molecule has 0 unspecified atom stereocenters. The summed E-state index contributed by atoms with van der Waals surface area (Å²) >= 11 is 0. The van der Waals surface area contributed by atoms with Crippen molar-refractivity contribution in [3.63, 3.8) is 0 Å². The first-order chi connectivity index (χ1) is 13.4. The summed E-state index contributed by atoms with van der Waals surface area (Å²) in [5, 5.41) is 0. The van der Waals surface area contributed by atoms with Gasteiger partial charge in [-0.3, -0.25) is 0 Å². The number of hydrogen-bond donors (Lipinski definition) is 0. The Morgan fingerprint density at radius 3 is 2.50 bits per heavy atom. The van der Waals surface area contributed by atoms with E-state index in [2.05, 4.69) is 4.90 Å². The molecule has 0 aliphatic carbocycles. The summed E-state index contributed by atoms with van der Waals surface area (Å²) in [4.78, 5) is 1.54. The van der Waals surface area contributed by atoms with Gasteiger partial charge >= 0.3 is 0 Å². The second-order valence-electron chi connectivity index (χ2n) is 6.84. The summed E-state index contributed by atoms with van der Waals surface area (Å²) in [5.41, 5.74) is 1.14. The Morgan fingerprint density at radius 2 is 1.79 bits per heavy atom. The first kappa shape index (κ1) is 20.7. The second kappa shape index (κ2) is 8.98. The van der Waals surface area contributed by atoms with Gasteiger partial charge in [0.05, 0.1) is 6.61 Å². The molecule has 0 amide bonds. The number of rotatable bonds is 7. The molecule has 0 N–H and O–H groups in total. The summed E-state index contributed by atoms with van der Waals surface area (Å²) in [6.07, 6.45) is 0.819. The Labute approximate surface area is 164 Å². The van der Waals surface area contributed by atoms with Gasteiger partial charge in [-0.1, -0.05) is 12.1 Å². The first-order valence-corrected chi connectivity index (χ1v) is 10.7. The average molecular weight is 410 g/mol. The molecule has 0 spiro atoms. The minimum absolute atomic E-state index is 0.247. The van der Waals surface area contributed by atoms with Crippen LogP contribution in [-0.2, 0) is 10.0 Å². The molecule has 1 heterocycles. The molecule has 28 heavy (non-hydrogen) atoms. The monoisotopic (exact) mass is 410 g/mol. The smallest absolute Gasteiger partial charge is 0.246 e. The number of nitrogens with zero attached hydrogens (tertiary/aromatic N) is 2.